The molecule has 3 heterocycles. The Morgan fingerprint density at radius 3 is 2.82 bits per heavy atom. The number of hydrogen-bond acceptors (Lipinski definition) is 9. The van der Waals surface area contributed by atoms with E-state index in [4.69, 9.17) is 15.9 Å². The molecule has 9 nitrogen and oxygen atoms in total. The molecule has 1 saturated heterocycles. The molecule has 0 radical (unpaired) electrons. The zero-order valence-corrected chi connectivity index (χ0v) is 18.2. The summed E-state index contributed by atoms with van der Waals surface area (Å²) in [7, 11) is 0. The molecule has 3 aromatic rings. The lowest BCUT2D eigenvalue weighted by molar-refractivity contribution is 0.140. The van der Waals surface area contributed by atoms with Crippen LogP contribution in [0.3, 0.4) is 0 Å². The number of aromatic nitrogens is 2. The van der Waals surface area contributed by atoms with E-state index >= 15 is 4.39 Å². The first-order valence-electron chi connectivity index (χ1n) is 10.4. The van der Waals surface area contributed by atoms with Crippen LogP contribution in [-0.4, -0.2) is 46.7 Å². The Bertz CT molecular complexity index is 1230. The van der Waals surface area contributed by atoms with Gasteiger partial charge in [0.1, 0.15) is 11.9 Å². The summed E-state index contributed by atoms with van der Waals surface area (Å²) in [5.41, 5.74) is 10.4. The molecule has 1 unspecified atom stereocenters. The van der Waals surface area contributed by atoms with Crippen LogP contribution in [0.25, 0.3) is 11.1 Å². The normalized spacial score (nSPS) is 14.6. The van der Waals surface area contributed by atoms with Crippen molar-refractivity contribution in [3.63, 3.8) is 0 Å². The number of nitrogens with two attached hydrogens (primary N) is 1. The number of hydrazone groups is 1. The summed E-state index contributed by atoms with van der Waals surface area (Å²) in [5, 5.41) is 20.4. The number of halogens is 2. The molecule has 0 spiro atoms. The maximum absolute atomic E-state index is 15.2. The van der Waals surface area contributed by atoms with E-state index in [0.717, 1.165) is 6.21 Å². The number of benzene rings is 1. The van der Waals surface area contributed by atoms with Gasteiger partial charge in [-0.15, -0.1) is 0 Å². The summed E-state index contributed by atoms with van der Waals surface area (Å²) in [4.78, 5) is 9.88. The molecule has 0 aliphatic carbocycles. The average Bonchev–Trinajstić information content (AvgIpc) is 2.80. The lowest BCUT2D eigenvalue weighted by atomic mass is 10.1. The van der Waals surface area contributed by atoms with Crippen LogP contribution in [0.2, 0.25) is 0 Å². The molecule has 2 aromatic heterocycles. The average molecular weight is 467 g/mol. The van der Waals surface area contributed by atoms with Gasteiger partial charge < -0.3 is 25.9 Å². The van der Waals surface area contributed by atoms with Crippen LogP contribution < -0.4 is 20.8 Å². The number of nitrogens with zero attached hydrogens (tertiary/aromatic N) is 4. The van der Waals surface area contributed by atoms with Crippen LogP contribution in [0.5, 0.6) is 5.75 Å². The summed E-state index contributed by atoms with van der Waals surface area (Å²) in [6.45, 7) is 2.33. The Morgan fingerprint density at radius 2 is 2.09 bits per heavy atom. The third kappa shape index (κ3) is 4.79. The summed E-state index contributed by atoms with van der Waals surface area (Å²) >= 11 is 0. The number of hydrogen-bond donors (Lipinski definition) is 4. The van der Waals surface area contributed by atoms with Crippen molar-refractivity contribution in [2.45, 2.75) is 19.1 Å². The Morgan fingerprint density at radius 1 is 1.29 bits per heavy atom. The van der Waals surface area contributed by atoms with Gasteiger partial charge in [-0.3, -0.25) is 5.43 Å². The van der Waals surface area contributed by atoms with Crippen molar-refractivity contribution >= 4 is 29.8 Å². The van der Waals surface area contributed by atoms with Gasteiger partial charge in [-0.05, 0) is 37.3 Å². The molecule has 1 aliphatic heterocycles. The van der Waals surface area contributed by atoms with Gasteiger partial charge >= 0.3 is 0 Å². The number of aliphatic hydroxyl groups excluding tert-OH is 1. The highest BCUT2D eigenvalue weighted by Crippen LogP contribution is 2.35. The molecular weight excluding hydrogens is 444 g/mol. The minimum atomic E-state index is -0.673. The van der Waals surface area contributed by atoms with E-state index in [-0.39, 0.29) is 22.9 Å². The number of nitrogens with one attached hydrogen (secondary N) is 2. The van der Waals surface area contributed by atoms with Crippen molar-refractivity contribution in [1.82, 2.24) is 9.97 Å². The van der Waals surface area contributed by atoms with E-state index < -0.39 is 23.8 Å². The van der Waals surface area contributed by atoms with Crippen molar-refractivity contribution in [2.75, 3.05) is 29.1 Å². The van der Waals surface area contributed by atoms with Gasteiger partial charge in [0.25, 0.3) is 0 Å². The molecular formula is C23H23F2N7O2. The Hall–Kier alpha value is -4.12. The Balaban J connectivity index is 1.62. The lowest BCUT2D eigenvalue weighted by Gasteiger charge is -2.37. The SMILES string of the molecule is CC(Oc1cc(-c2ccnc(N3CC(O)C3)c2F)cnc1N)c1cc(F)ccc1N/N=C\C=N. The molecule has 1 aliphatic rings. The van der Waals surface area contributed by atoms with Crippen molar-refractivity contribution in [3.8, 4) is 16.9 Å². The fourth-order valence-electron chi connectivity index (χ4n) is 3.57. The second kappa shape index (κ2) is 9.79. The van der Waals surface area contributed by atoms with E-state index in [0.29, 0.717) is 29.9 Å². The van der Waals surface area contributed by atoms with Crippen LogP contribution in [-0.2, 0) is 0 Å². The molecule has 1 fully saturated rings. The predicted molar refractivity (Wildman–Crippen MR) is 126 cm³/mol. The first-order valence-corrected chi connectivity index (χ1v) is 10.4. The van der Waals surface area contributed by atoms with Crippen LogP contribution in [0.15, 0.2) is 47.8 Å². The topological polar surface area (TPSA) is 133 Å². The molecule has 1 atom stereocenters. The number of pyridine rings is 2. The fraction of sp³-hybridized carbons (Fsp3) is 0.217. The molecule has 0 saturated carbocycles. The monoisotopic (exact) mass is 467 g/mol. The summed E-state index contributed by atoms with van der Waals surface area (Å²) in [6.07, 6.45) is 3.99. The van der Waals surface area contributed by atoms with E-state index in [9.17, 15) is 9.50 Å². The van der Waals surface area contributed by atoms with Gasteiger partial charge in [-0.1, -0.05) is 0 Å². The highest BCUT2D eigenvalue weighted by atomic mass is 19.1. The van der Waals surface area contributed by atoms with Crippen LogP contribution in [0.1, 0.15) is 18.6 Å². The van der Waals surface area contributed by atoms with Crippen LogP contribution in [0.4, 0.5) is 26.1 Å². The zero-order chi connectivity index (χ0) is 24.2. The first kappa shape index (κ1) is 23.1. The summed E-state index contributed by atoms with van der Waals surface area (Å²) < 4.78 is 35.1. The third-order valence-corrected chi connectivity index (χ3v) is 5.31. The van der Waals surface area contributed by atoms with Gasteiger partial charge in [-0.2, -0.15) is 5.10 Å². The molecule has 4 rings (SSSR count). The predicted octanol–water partition coefficient (Wildman–Crippen LogP) is 3.37. The van der Waals surface area contributed by atoms with Gasteiger partial charge in [0.2, 0.25) is 0 Å². The molecule has 5 N–H and O–H groups in total. The molecule has 0 amide bonds. The van der Waals surface area contributed by atoms with E-state index in [1.54, 1.807) is 17.9 Å². The summed E-state index contributed by atoms with van der Waals surface area (Å²) in [6, 6.07) is 7.16. The number of β-amino-alcohol motifs (C(OH)–C–C–N with tert-alkyl or cyclic N) is 1. The molecule has 34 heavy (non-hydrogen) atoms. The minimum Gasteiger partial charge on any atom is -0.482 e. The number of anilines is 3. The smallest absolute Gasteiger partial charge is 0.173 e. The van der Waals surface area contributed by atoms with Gasteiger partial charge in [-0.25, -0.2) is 18.7 Å². The molecule has 11 heteroatoms. The quantitative estimate of drug-likeness (QED) is 0.295. The number of aliphatic hydroxyl groups is 1. The second-order valence-corrected chi connectivity index (χ2v) is 7.71. The molecule has 1 aromatic carbocycles. The highest BCUT2D eigenvalue weighted by molar-refractivity contribution is 6.14. The van der Waals surface area contributed by atoms with Gasteiger partial charge in [0.15, 0.2) is 23.2 Å². The van der Waals surface area contributed by atoms with Crippen molar-refractivity contribution in [2.24, 2.45) is 5.10 Å². The van der Waals surface area contributed by atoms with E-state index in [1.807, 2.05) is 0 Å². The third-order valence-electron chi connectivity index (χ3n) is 5.31. The summed E-state index contributed by atoms with van der Waals surface area (Å²) in [5.74, 6) is -0.573. The van der Waals surface area contributed by atoms with Gasteiger partial charge in [0, 0.05) is 48.4 Å². The Kier molecular flexibility index (Phi) is 6.64. The standard InChI is InChI=1S/C23H23F2N7O2/c1-13(18-9-15(24)2-3-19(18)31-30-7-5-26)34-20-8-14(10-29-22(20)27)17-4-6-28-23(21(17)25)32-11-16(33)12-32/h2-10,13,16,26,31,33H,11-12H2,1H3,(H2,27,29)/b26-5?,30-7-. The lowest BCUT2D eigenvalue weighted by Crippen LogP contribution is -2.51. The first-order chi connectivity index (χ1) is 16.4. The van der Waals surface area contributed by atoms with Crippen LogP contribution >= 0.6 is 0 Å². The molecule has 176 valence electrons. The largest absolute Gasteiger partial charge is 0.482 e. The van der Waals surface area contributed by atoms with Crippen molar-refractivity contribution in [1.29, 1.82) is 5.41 Å². The minimum absolute atomic E-state index is 0.0869. The van der Waals surface area contributed by atoms with Gasteiger partial charge in [0.05, 0.1) is 18.0 Å². The second-order valence-electron chi connectivity index (χ2n) is 7.71. The maximum atomic E-state index is 15.2. The van der Waals surface area contributed by atoms with E-state index in [1.165, 1.54) is 42.9 Å². The number of rotatable bonds is 8. The fourth-order valence-corrected chi connectivity index (χ4v) is 3.57. The van der Waals surface area contributed by atoms with Crippen molar-refractivity contribution < 1.29 is 18.6 Å². The van der Waals surface area contributed by atoms with E-state index in [2.05, 4.69) is 20.5 Å². The Labute approximate surface area is 194 Å². The number of ether oxygens (including phenoxy) is 1. The van der Waals surface area contributed by atoms with Crippen molar-refractivity contribution in [3.05, 3.63) is 59.9 Å². The highest BCUT2D eigenvalue weighted by Gasteiger charge is 2.29. The zero-order valence-electron chi connectivity index (χ0n) is 18.2. The maximum Gasteiger partial charge on any atom is 0.173 e. The van der Waals surface area contributed by atoms with Crippen LogP contribution in [0, 0.1) is 17.0 Å². The number of nitrogen functional groups attached to an aromatic ring is 1. The molecule has 0 bridgehead atoms.